The van der Waals surface area contributed by atoms with Crippen LogP contribution in [0.2, 0.25) is 0 Å². The highest BCUT2D eigenvalue weighted by molar-refractivity contribution is 8.00. The number of carbonyl (C=O) groups is 1. The van der Waals surface area contributed by atoms with Crippen molar-refractivity contribution in [1.29, 1.82) is 0 Å². The molecule has 0 radical (unpaired) electrons. The van der Waals surface area contributed by atoms with Gasteiger partial charge in [0.2, 0.25) is 0 Å². The second-order valence-electron chi connectivity index (χ2n) is 4.67. The molecule has 1 saturated heterocycles. The summed E-state index contributed by atoms with van der Waals surface area (Å²) in [6.45, 7) is 2.19. The largest absolute Gasteiger partial charge is 0.462 e. The highest BCUT2D eigenvalue weighted by Crippen LogP contribution is 2.24. The van der Waals surface area contributed by atoms with Gasteiger partial charge >= 0.3 is 5.97 Å². The Balaban J connectivity index is 2.05. The number of nitrogens with one attached hydrogen (secondary N) is 2. The van der Waals surface area contributed by atoms with Crippen molar-refractivity contribution in [2.24, 2.45) is 0 Å². The van der Waals surface area contributed by atoms with Crippen LogP contribution in [0, 0.1) is 0 Å². The minimum Gasteiger partial charge on any atom is -0.462 e. The van der Waals surface area contributed by atoms with Gasteiger partial charge in [0.25, 0.3) is 10.0 Å². The van der Waals surface area contributed by atoms with Crippen LogP contribution in [0.25, 0.3) is 0 Å². The molecule has 1 aliphatic heterocycles. The van der Waals surface area contributed by atoms with Crippen LogP contribution in [0.3, 0.4) is 0 Å². The summed E-state index contributed by atoms with van der Waals surface area (Å²) in [4.78, 5) is 11.7. The van der Waals surface area contributed by atoms with Crippen molar-refractivity contribution in [3.05, 3.63) is 11.8 Å². The number of hydrogen-bond donors (Lipinski definition) is 2. The first-order valence-corrected chi connectivity index (χ1v) is 9.39. The maximum Gasteiger partial charge on any atom is 0.342 e. The third-order valence-corrected chi connectivity index (χ3v) is 5.94. The van der Waals surface area contributed by atoms with Crippen LogP contribution in [0.15, 0.2) is 11.2 Å². The zero-order valence-electron chi connectivity index (χ0n) is 11.8. The molecule has 2 rings (SSSR count). The minimum absolute atomic E-state index is 0.0688. The summed E-state index contributed by atoms with van der Waals surface area (Å²) in [6.07, 6.45) is 4.47. The smallest absolute Gasteiger partial charge is 0.342 e. The van der Waals surface area contributed by atoms with Crippen molar-refractivity contribution in [3.63, 3.8) is 0 Å². The number of H-pyrrole nitrogens is 1. The molecule has 1 atom stereocenters. The summed E-state index contributed by atoms with van der Waals surface area (Å²) in [5.74, 6) is 0.364. The number of esters is 1. The van der Waals surface area contributed by atoms with Crippen LogP contribution >= 0.6 is 11.8 Å². The minimum atomic E-state index is -3.79. The first-order chi connectivity index (χ1) is 10.0. The topological polar surface area (TPSA) is 101 Å². The molecule has 2 N–H and O–H groups in total. The number of aromatic nitrogens is 2. The van der Waals surface area contributed by atoms with Gasteiger partial charge in [-0.15, -0.1) is 0 Å². The molecule has 21 heavy (non-hydrogen) atoms. The van der Waals surface area contributed by atoms with Crippen molar-refractivity contribution < 1.29 is 17.9 Å². The van der Waals surface area contributed by atoms with Crippen molar-refractivity contribution in [2.75, 3.05) is 18.9 Å². The van der Waals surface area contributed by atoms with Crippen LogP contribution in [-0.2, 0) is 14.8 Å². The van der Waals surface area contributed by atoms with E-state index in [4.69, 9.17) is 4.74 Å². The van der Waals surface area contributed by atoms with Crippen molar-refractivity contribution in [2.45, 2.75) is 36.5 Å². The number of thioether (sulfide) groups is 1. The lowest BCUT2D eigenvalue weighted by atomic mass is 10.2. The average Bonchev–Trinajstić information content (AvgIpc) is 2.97. The van der Waals surface area contributed by atoms with E-state index in [1.54, 1.807) is 18.7 Å². The van der Waals surface area contributed by atoms with E-state index < -0.39 is 16.0 Å². The van der Waals surface area contributed by atoms with Crippen LogP contribution in [0.4, 0.5) is 0 Å². The maximum atomic E-state index is 12.3. The van der Waals surface area contributed by atoms with E-state index in [9.17, 15) is 13.2 Å². The van der Waals surface area contributed by atoms with E-state index in [1.165, 1.54) is 12.6 Å². The van der Waals surface area contributed by atoms with Gasteiger partial charge in [-0.3, -0.25) is 5.10 Å². The van der Waals surface area contributed by atoms with Crippen LogP contribution in [0.1, 0.15) is 36.5 Å². The Bertz CT molecular complexity index is 579. The lowest BCUT2D eigenvalue weighted by molar-refractivity contribution is 0.0522. The Kier molecular flexibility index (Phi) is 5.65. The van der Waals surface area contributed by atoms with Gasteiger partial charge in [0.15, 0.2) is 5.03 Å². The lowest BCUT2D eigenvalue weighted by Crippen LogP contribution is -2.33. The van der Waals surface area contributed by atoms with E-state index in [1.807, 2.05) is 0 Å². The molecule has 1 fully saturated rings. The molecular formula is C12H19N3O4S2. The molecule has 9 heteroatoms. The first-order valence-electron chi connectivity index (χ1n) is 6.86. The Morgan fingerprint density at radius 2 is 2.38 bits per heavy atom. The summed E-state index contributed by atoms with van der Waals surface area (Å²) in [5, 5.41) is 6.05. The molecule has 0 aromatic carbocycles. The van der Waals surface area contributed by atoms with Gasteiger partial charge in [0.05, 0.1) is 12.8 Å². The molecule has 0 saturated carbocycles. The second-order valence-corrected chi connectivity index (χ2v) is 7.79. The van der Waals surface area contributed by atoms with Gasteiger partial charge in [-0.05, 0) is 25.5 Å². The van der Waals surface area contributed by atoms with Gasteiger partial charge in [-0.2, -0.15) is 16.9 Å². The Morgan fingerprint density at radius 3 is 3.05 bits per heavy atom. The number of aromatic amines is 1. The molecule has 0 amide bonds. The maximum absolute atomic E-state index is 12.3. The molecule has 0 spiro atoms. The molecule has 1 unspecified atom stereocenters. The Hall–Kier alpha value is -1.06. The SMILES string of the molecule is CCOC(=O)c1cn[nH]c1S(=O)(=O)NCC1CCCCS1. The predicted molar refractivity (Wildman–Crippen MR) is 79.8 cm³/mol. The molecule has 2 heterocycles. The third-order valence-electron chi connectivity index (χ3n) is 3.14. The molecule has 118 valence electrons. The fraction of sp³-hybridized carbons (Fsp3) is 0.667. The Labute approximate surface area is 128 Å². The number of carbonyl (C=O) groups excluding carboxylic acids is 1. The highest BCUT2D eigenvalue weighted by atomic mass is 32.2. The zero-order chi connectivity index (χ0) is 15.3. The van der Waals surface area contributed by atoms with E-state index in [0.717, 1.165) is 18.6 Å². The van der Waals surface area contributed by atoms with Crippen LogP contribution < -0.4 is 4.72 Å². The zero-order valence-corrected chi connectivity index (χ0v) is 13.4. The fourth-order valence-corrected chi connectivity index (χ4v) is 4.58. The summed E-state index contributed by atoms with van der Waals surface area (Å²) in [6, 6.07) is 0. The van der Waals surface area contributed by atoms with Crippen molar-refractivity contribution >= 4 is 27.8 Å². The molecular weight excluding hydrogens is 314 g/mol. The summed E-state index contributed by atoms with van der Waals surface area (Å²) < 4.78 is 31.9. The molecule has 1 aliphatic rings. The molecule has 1 aromatic rings. The summed E-state index contributed by atoms with van der Waals surface area (Å²) in [5.41, 5.74) is -0.0688. The monoisotopic (exact) mass is 333 g/mol. The quantitative estimate of drug-likeness (QED) is 0.757. The van der Waals surface area contributed by atoms with E-state index in [0.29, 0.717) is 6.54 Å². The molecule has 1 aromatic heterocycles. The highest BCUT2D eigenvalue weighted by Gasteiger charge is 2.27. The van der Waals surface area contributed by atoms with Gasteiger partial charge < -0.3 is 4.74 Å². The predicted octanol–water partition coefficient (Wildman–Crippen LogP) is 1.15. The summed E-state index contributed by atoms with van der Waals surface area (Å²) >= 11 is 1.78. The van der Waals surface area contributed by atoms with Crippen molar-refractivity contribution in [1.82, 2.24) is 14.9 Å². The number of ether oxygens (including phenoxy) is 1. The summed E-state index contributed by atoms with van der Waals surface area (Å²) in [7, 11) is -3.79. The number of nitrogens with zero attached hydrogens (tertiary/aromatic N) is 1. The van der Waals surface area contributed by atoms with E-state index in [2.05, 4.69) is 14.9 Å². The van der Waals surface area contributed by atoms with Gasteiger partial charge in [0, 0.05) is 11.8 Å². The Morgan fingerprint density at radius 1 is 1.57 bits per heavy atom. The fourth-order valence-electron chi connectivity index (χ4n) is 2.08. The van der Waals surface area contributed by atoms with Crippen LogP contribution in [0.5, 0.6) is 0 Å². The third kappa shape index (κ3) is 4.21. The first kappa shape index (κ1) is 16.3. The van der Waals surface area contributed by atoms with Gasteiger partial charge in [0.1, 0.15) is 5.56 Å². The number of rotatable bonds is 6. The lowest BCUT2D eigenvalue weighted by Gasteiger charge is -2.21. The standard InChI is InChI=1S/C12H19N3O4S2/c1-2-19-12(16)10-8-13-15-11(10)21(17,18)14-7-9-5-3-4-6-20-9/h8-9,14H,2-7H2,1H3,(H,13,15). The average molecular weight is 333 g/mol. The molecule has 7 nitrogen and oxygen atoms in total. The van der Waals surface area contributed by atoms with Crippen molar-refractivity contribution in [3.8, 4) is 0 Å². The second kappa shape index (κ2) is 7.28. The number of hydrogen-bond acceptors (Lipinski definition) is 6. The molecule has 0 bridgehead atoms. The molecule has 0 aliphatic carbocycles. The van der Waals surface area contributed by atoms with Gasteiger partial charge in [-0.25, -0.2) is 17.9 Å². The van der Waals surface area contributed by atoms with Gasteiger partial charge in [-0.1, -0.05) is 6.42 Å². The number of sulfonamides is 1. The van der Waals surface area contributed by atoms with Crippen LogP contribution in [-0.4, -0.2) is 48.7 Å². The normalized spacial score (nSPS) is 19.4. The van der Waals surface area contributed by atoms with E-state index >= 15 is 0 Å². The van der Waals surface area contributed by atoms with E-state index in [-0.39, 0.29) is 22.4 Å².